The Bertz CT molecular complexity index is 517. The lowest BCUT2D eigenvalue weighted by Crippen LogP contribution is -2.25. The van der Waals surface area contributed by atoms with Crippen LogP contribution in [0, 0.1) is 6.92 Å². The number of thiophene rings is 1. The van der Waals surface area contributed by atoms with Crippen molar-refractivity contribution in [2.24, 2.45) is 0 Å². The predicted molar refractivity (Wildman–Crippen MR) is 84.1 cm³/mol. The van der Waals surface area contributed by atoms with Crippen molar-refractivity contribution in [3.63, 3.8) is 0 Å². The molecule has 110 valence electrons. The Morgan fingerprint density at radius 2 is 2.15 bits per heavy atom. The second kappa shape index (κ2) is 7.55. The molecule has 2 aromatic heterocycles. The zero-order chi connectivity index (χ0) is 14.4. The molecule has 1 N–H and O–H groups in total. The van der Waals surface area contributed by atoms with Crippen molar-refractivity contribution >= 4 is 11.3 Å². The highest BCUT2D eigenvalue weighted by Gasteiger charge is 2.17. The minimum atomic E-state index is 0.334. The summed E-state index contributed by atoms with van der Waals surface area (Å²) in [5.74, 6) is 1.08. The SMILES string of the molecule is CCCNC(Cc1ncnn1CCC)c1cscc1C. The number of rotatable bonds is 8. The Balaban J connectivity index is 2.15. The van der Waals surface area contributed by atoms with Gasteiger partial charge in [-0.25, -0.2) is 4.98 Å². The Hall–Kier alpha value is -1.20. The molecule has 0 aliphatic heterocycles. The smallest absolute Gasteiger partial charge is 0.138 e. The molecule has 2 aromatic rings. The lowest BCUT2D eigenvalue weighted by Gasteiger charge is -2.18. The Morgan fingerprint density at radius 3 is 2.80 bits per heavy atom. The topological polar surface area (TPSA) is 42.7 Å². The molecule has 0 radical (unpaired) electrons. The van der Waals surface area contributed by atoms with E-state index in [0.717, 1.165) is 38.2 Å². The molecule has 0 amide bonds. The van der Waals surface area contributed by atoms with E-state index in [1.54, 1.807) is 17.7 Å². The van der Waals surface area contributed by atoms with Gasteiger partial charge in [-0.2, -0.15) is 16.4 Å². The first kappa shape index (κ1) is 15.2. The number of nitrogens with one attached hydrogen (secondary N) is 1. The monoisotopic (exact) mass is 292 g/mol. The van der Waals surface area contributed by atoms with Gasteiger partial charge in [0.1, 0.15) is 12.2 Å². The predicted octanol–water partition coefficient (Wildman–Crippen LogP) is 3.34. The van der Waals surface area contributed by atoms with Gasteiger partial charge in [0.15, 0.2) is 0 Å². The summed E-state index contributed by atoms with van der Waals surface area (Å²) < 4.78 is 2.03. The van der Waals surface area contributed by atoms with Crippen LogP contribution in [0.5, 0.6) is 0 Å². The number of aryl methyl sites for hydroxylation is 2. The van der Waals surface area contributed by atoms with Crippen LogP contribution in [0.25, 0.3) is 0 Å². The van der Waals surface area contributed by atoms with Crippen LogP contribution in [-0.2, 0) is 13.0 Å². The fraction of sp³-hybridized carbons (Fsp3) is 0.600. The Morgan fingerprint density at radius 1 is 1.30 bits per heavy atom. The number of hydrogen-bond donors (Lipinski definition) is 1. The number of nitrogens with zero attached hydrogens (tertiary/aromatic N) is 3. The van der Waals surface area contributed by atoms with E-state index in [0.29, 0.717) is 6.04 Å². The summed E-state index contributed by atoms with van der Waals surface area (Å²) >= 11 is 1.77. The molecule has 0 bridgehead atoms. The fourth-order valence-corrected chi connectivity index (χ4v) is 3.27. The zero-order valence-corrected chi connectivity index (χ0v) is 13.4. The van der Waals surface area contributed by atoms with E-state index < -0.39 is 0 Å². The first-order chi connectivity index (χ1) is 9.76. The molecule has 0 spiro atoms. The van der Waals surface area contributed by atoms with Crippen LogP contribution in [0.2, 0.25) is 0 Å². The van der Waals surface area contributed by atoms with Gasteiger partial charge in [-0.15, -0.1) is 0 Å². The summed E-state index contributed by atoms with van der Waals surface area (Å²) in [5.41, 5.74) is 2.76. The van der Waals surface area contributed by atoms with Crippen molar-refractivity contribution in [1.29, 1.82) is 0 Å². The third kappa shape index (κ3) is 3.67. The van der Waals surface area contributed by atoms with E-state index in [2.05, 4.69) is 46.9 Å². The maximum atomic E-state index is 4.44. The maximum Gasteiger partial charge on any atom is 0.138 e. The standard InChI is InChI=1S/C15H24N4S/c1-4-6-16-14(13-10-20-9-12(13)3)8-15-17-11-18-19(15)7-5-2/h9-11,14,16H,4-8H2,1-3H3. The Labute approximate surface area is 125 Å². The van der Waals surface area contributed by atoms with Gasteiger partial charge in [0.25, 0.3) is 0 Å². The van der Waals surface area contributed by atoms with E-state index in [1.165, 1.54) is 11.1 Å². The molecule has 0 fully saturated rings. The molecule has 0 saturated carbocycles. The first-order valence-corrected chi connectivity index (χ1v) is 8.33. The van der Waals surface area contributed by atoms with Crippen molar-refractivity contribution in [2.75, 3.05) is 6.54 Å². The van der Waals surface area contributed by atoms with Gasteiger partial charge in [0.2, 0.25) is 0 Å². The van der Waals surface area contributed by atoms with Crippen molar-refractivity contribution in [2.45, 2.75) is 52.6 Å². The fourth-order valence-electron chi connectivity index (χ4n) is 2.37. The minimum absolute atomic E-state index is 0.334. The summed E-state index contributed by atoms with van der Waals surface area (Å²) in [6.07, 6.45) is 4.79. The molecular weight excluding hydrogens is 268 g/mol. The van der Waals surface area contributed by atoms with E-state index in [9.17, 15) is 0 Å². The lowest BCUT2D eigenvalue weighted by molar-refractivity contribution is 0.488. The molecule has 20 heavy (non-hydrogen) atoms. The van der Waals surface area contributed by atoms with Gasteiger partial charge in [-0.05, 0) is 48.2 Å². The zero-order valence-electron chi connectivity index (χ0n) is 12.6. The quantitative estimate of drug-likeness (QED) is 0.811. The average Bonchev–Trinajstić information content (AvgIpc) is 3.04. The second-order valence-electron chi connectivity index (χ2n) is 5.12. The van der Waals surface area contributed by atoms with Crippen LogP contribution < -0.4 is 5.32 Å². The molecule has 5 heteroatoms. The molecule has 1 atom stereocenters. The molecule has 2 heterocycles. The summed E-state index contributed by atoms with van der Waals surface area (Å²) in [4.78, 5) is 4.44. The van der Waals surface area contributed by atoms with E-state index in [-0.39, 0.29) is 0 Å². The highest BCUT2D eigenvalue weighted by molar-refractivity contribution is 7.08. The summed E-state index contributed by atoms with van der Waals surface area (Å²) in [6, 6.07) is 0.334. The van der Waals surface area contributed by atoms with E-state index in [1.807, 2.05) is 4.68 Å². The van der Waals surface area contributed by atoms with Crippen LogP contribution in [-0.4, -0.2) is 21.3 Å². The van der Waals surface area contributed by atoms with Gasteiger partial charge in [0, 0.05) is 19.0 Å². The molecule has 0 saturated heterocycles. The number of aromatic nitrogens is 3. The third-order valence-corrected chi connectivity index (χ3v) is 4.31. The van der Waals surface area contributed by atoms with E-state index >= 15 is 0 Å². The summed E-state index contributed by atoms with van der Waals surface area (Å²) in [6.45, 7) is 8.52. The van der Waals surface area contributed by atoms with Gasteiger partial charge < -0.3 is 5.32 Å². The molecule has 2 rings (SSSR count). The molecule has 4 nitrogen and oxygen atoms in total. The summed E-state index contributed by atoms with van der Waals surface area (Å²) in [5, 5.41) is 12.4. The van der Waals surface area contributed by atoms with Gasteiger partial charge in [-0.1, -0.05) is 13.8 Å². The summed E-state index contributed by atoms with van der Waals surface area (Å²) in [7, 11) is 0. The van der Waals surface area contributed by atoms with Crippen molar-refractivity contribution in [3.8, 4) is 0 Å². The molecule has 0 aliphatic rings. The molecular formula is C15H24N4S. The molecule has 0 aliphatic carbocycles. The van der Waals surface area contributed by atoms with Crippen LogP contribution in [0.3, 0.4) is 0 Å². The normalized spacial score (nSPS) is 12.8. The largest absolute Gasteiger partial charge is 0.310 e. The van der Waals surface area contributed by atoms with E-state index in [4.69, 9.17) is 0 Å². The first-order valence-electron chi connectivity index (χ1n) is 7.39. The highest BCUT2D eigenvalue weighted by Crippen LogP contribution is 2.24. The van der Waals surface area contributed by atoms with Crippen molar-refractivity contribution < 1.29 is 0 Å². The lowest BCUT2D eigenvalue weighted by atomic mass is 10.0. The highest BCUT2D eigenvalue weighted by atomic mass is 32.1. The number of hydrogen-bond acceptors (Lipinski definition) is 4. The third-order valence-electron chi connectivity index (χ3n) is 3.43. The average molecular weight is 292 g/mol. The van der Waals surface area contributed by atoms with Gasteiger partial charge >= 0.3 is 0 Å². The van der Waals surface area contributed by atoms with Gasteiger partial charge in [-0.3, -0.25) is 4.68 Å². The van der Waals surface area contributed by atoms with Crippen LogP contribution in [0.15, 0.2) is 17.1 Å². The van der Waals surface area contributed by atoms with Crippen molar-refractivity contribution in [3.05, 3.63) is 34.0 Å². The Kier molecular flexibility index (Phi) is 5.73. The van der Waals surface area contributed by atoms with Crippen LogP contribution in [0.4, 0.5) is 0 Å². The van der Waals surface area contributed by atoms with Crippen LogP contribution in [0.1, 0.15) is 49.7 Å². The van der Waals surface area contributed by atoms with Crippen molar-refractivity contribution in [1.82, 2.24) is 20.1 Å². The second-order valence-corrected chi connectivity index (χ2v) is 5.86. The molecule has 0 aromatic carbocycles. The maximum absolute atomic E-state index is 4.44. The van der Waals surface area contributed by atoms with Crippen LogP contribution >= 0.6 is 11.3 Å². The van der Waals surface area contributed by atoms with Gasteiger partial charge in [0.05, 0.1) is 0 Å². The molecule has 1 unspecified atom stereocenters. The minimum Gasteiger partial charge on any atom is -0.310 e.